The first-order valence-corrected chi connectivity index (χ1v) is 6.19. The molecule has 0 radical (unpaired) electrons. The Kier molecular flexibility index (Phi) is 3.03. The van der Waals surface area contributed by atoms with Gasteiger partial charge in [-0.2, -0.15) is 10.4 Å². The number of esters is 1. The van der Waals surface area contributed by atoms with Gasteiger partial charge < -0.3 is 15.0 Å². The molecular formula is C14H10FN5O2. The molecule has 0 unspecified atom stereocenters. The van der Waals surface area contributed by atoms with Gasteiger partial charge in [0.25, 0.3) is 0 Å². The molecule has 3 rings (SSSR count). The first-order chi connectivity index (χ1) is 10.6. The van der Waals surface area contributed by atoms with Gasteiger partial charge in [-0.25, -0.2) is 9.18 Å². The van der Waals surface area contributed by atoms with Gasteiger partial charge in [-0.1, -0.05) is 0 Å². The van der Waals surface area contributed by atoms with E-state index in [9.17, 15) is 9.18 Å². The number of nitrogens with one attached hydrogen (secondary N) is 1. The number of carbonyl (C=O) groups is 1. The SMILES string of the molecule is COC(=O)c1c(N)c(C#N)cn1-c1ccc2[nH]ncc2c1F. The zero-order valence-corrected chi connectivity index (χ0v) is 11.4. The summed E-state index contributed by atoms with van der Waals surface area (Å²) in [5.41, 5.74) is 6.28. The Balaban J connectivity index is 2.33. The molecule has 3 aromatic rings. The molecule has 110 valence electrons. The van der Waals surface area contributed by atoms with Crippen molar-refractivity contribution in [2.75, 3.05) is 12.8 Å². The van der Waals surface area contributed by atoms with Crippen molar-refractivity contribution in [1.82, 2.24) is 14.8 Å². The molecule has 0 atom stereocenters. The standard InChI is InChI=1S/C14H10FN5O2/c1-22-14(21)13-12(17)7(4-16)6-20(13)10-3-2-9-8(11(10)15)5-18-19-9/h2-3,5-6H,17H2,1H3,(H,18,19). The minimum atomic E-state index is -0.759. The lowest BCUT2D eigenvalue weighted by Crippen LogP contribution is -2.12. The first kappa shape index (κ1) is 13.6. The van der Waals surface area contributed by atoms with Gasteiger partial charge >= 0.3 is 5.97 Å². The third-order valence-corrected chi connectivity index (χ3v) is 3.34. The molecule has 1 aromatic carbocycles. The van der Waals surface area contributed by atoms with E-state index in [0.29, 0.717) is 5.52 Å². The fourth-order valence-corrected chi connectivity index (χ4v) is 2.26. The number of aromatic amines is 1. The number of anilines is 1. The normalized spacial score (nSPS) is 10.6. The molecule has 0 aliphatic heterocycles. The average molecular weight is 299 g/mol. The molecule has 0 aliphatic carbocycles. The molecule has 0 bridgehead atoms. The number of methoxy groups -OCH3 is 1. The lowest BCUT2D eigenvalue weighted by Gasteiger charge is -2.09. The Morgan fingerprint density at radius 1 is 1.55 bits per heavy atom. The summed E-state index contributed by atoms with van der Waals surface area (Å²) in [6.07, 6.45) is 2.63. The van der Waals surface area contributed by atoms with Gasteiger partial charge in [-0.3, -0.25) is 5.10 Å². The zero-order valence-electron chi connectivity index (χ0n) is 11.4. The number of H-pyrrole nitrogens is 1. The quantitative estimate of drug-likeness (QED) is 0.700. The second kappa shape index (κ2) is 4.89. The van der Waals surface area contributed by atoms with Crippen molar-refractivity contribution in [1.29, 1.82) is 5.26 Å². The van der Waals surface area contributed by atoms with E-state index in [1.165, 1.54) is 30.1 Å². The van der Waals surface area contributed by atoms with Crippen molar-refractivity contribution in [3.63, 3.8) is 0 Å². The summed E-state index contributed by atoms with van der Waals surface area (Å²) in [5, 5.41) is 15.7. The summed E-state index contributed by atoms with van der Waals surface area (Å²) in [5.74, 6) is -1.35. The van der Waals surface area contributed by atoms with E-state index in [1.54, 1.807) is 6.07 Å². The van der Waals surface area contributed by atoms with Crippen molar-refractivity contribution in [2.24, 2.45) is 0 Å². The topological polar surface area (TPSA) is 110 Å². The van der Waals surface area contributed by atoms with Crippen LogP contribution >= 0.6 is 0 Å². The van der Waals surface area contributed by atoms with Crippen LogP contribution in [-0.2, 0) is 4.74 Å². The van der Waals surface area contributed by atoms with Crippen LogP contribution in [0.25, 0.3) is 16.6 Å². The van der Waals surface area contributed by atoms with Gasteiger partial charge in [0.05, 0.1) is 41.1 Å². The number of hydrogen-bond acceptors (Lipinski definition) is 5. The van der Waals surface area contributed by atoms with Crippen LogP contribution in [0.5, 0.6) is 0 Å². The van der Waals surface area contributed by atoms with E-state index in [1.807, 2.05) is 6.07 Å². The highest BCUT2D eigenvalue weighted by Gasteiger charge is 2.23. The van der Waals surface area contributed by atoms with E-state index >= 15 is 0 Å². The second-order valence-electron chi connectivity index (χ2n) is 4.51. The van der Waals surface area contributed by atoms with Gasteiger partial charge in [0.15, 0.2) is 11.5 Å². The monoisotopic (exact) mass is 299 g/mol. The summed E-state index contributed by atoms with van der Waals surface area (Å²) < 4.78 is 20.5. The van der Waals surface area contributed by atoms with Gasteiger partial charge in [0, 0.05) is 6.20 Å². The van der Waals surface area contributed by atoms with Crippen LogP contribution < -0.4 is 5.73 Å². The van der Waals surface area contributed by atoms with Crippen molar-refractivity contribution in [3.05, 3.63) is 41.6 Å². The molecule has 0 spiro atoms. The Morgan fingerprint density at radius 3 is 3.00 bits per heavy atom. The highest BCUT2D eigenvalue weighted by atomic mass is 19.1. The van der Waals surface area contributed by atoms with Crippen molar-refractivity contribution in [2.45, 2.75) is 0 Å². The number of nitrogens with two attached hydrogens (primary N) is 1. The molecule has 0 aliphatic rings. The van der Waals surface area contributed by atoms with Crippen molar-refractivity contribution in [3.8, 4) is 11.8 Å². The summed E-state index contributed by atoms with van der Waals surface area (Å²) in [4.78, 5) is 11.9. The van der Waals surface area contributed by atoms with Crippen molar-refractivity contribution < 1.29 is 13.9 Å². The van der Waals surface area contributed by atoms with E-state index < -0.39 is 11.8 Å². The lowest BCUT2D eigenvalue weighted by molar-refractivity contribution is 0.0593. The smallest absolute Gasteiger partial charge is 0.357 e. The third kappa shape index (κ3) is 1.80. The van der Waals surface area contributed by atoms with E-state index in [0.717, 1.165) is 0 Å². The molecule has 3 N–H and O–H groups in total. The maximum atomic E-state index is 14.6. The third-order valence-electron chi connectivity index (χ3n) is 3.34. The molecule has 22 heavy (non-hydrogen) atoms. The molecule has 7 nitrogen and oxygen atoms in total. The number of fused-ring (bicyclic) bond motifs is 1. The number of rotatable bonds is 2. The Labute approximate surface area is 123 Å². The fraction of sp³-hybridized carbons (Fsp3) is 0.0714. The fourth-order valence-electron chi connectivity index (χ4n) is 2.26. The number of benzene rings is 1. The van der Waals surface area contributed by atoms with Crippen LogP contribution in [0, 0.1) is 17.1 Å². The predicted octanol–water partition coefficient (Wildman–Crippen LogP) is 1.73. The van der Waals surface area contributed by atoms with Crippen LogP contribution in [0.15, 0.2) is 24.5 Å². The maximum Gasteiger partial charge on any atom is 0.357 e. The Morgan fingerprint density at radius 2 is 2.32 bits per heavy atom. The number of nitrogens with zero attached hydrogens (tertiary/aromatic N) is 3. The Bertz CT molecular complexity index is 935. The first-order valence-electron chi connectivity index (χ1n) is 6.19. The number of aromatic nitrogens is 3. The predicted molar refractivity (Wildman–Crippen MR) is 75.8 cm³/mol. The second-order valence-corrected chi connectivity index (χ2v) is 4.51. The van der Waals surface area contributed by atoms with Crippen LogP contribution in [0.4, 0.5) is 10.1 Å². The molecule has 0 saturated carbocycles. The van der Waals surface area contributed by atoms with Gasteiger partial charge in [-0.05, 0) is 12.1 Å². The molecule has 0 fully saturated rings. The van der Waals surface area contributed by atoms with E-state index in [-0.39, 0.29) is 28.0 Å². The van der Waals surface area contributed by atoms with Crippen LogP contribution in [0.1, 0.15) is 16.1 Å². The summed E-state index contributed by atoms with van der Waals surface area (Å²) >= 11 is 0. The Hall–Kier alpha value is -3.34. The number of nitriles is 1. The zero-order chi connectivity index (χ0) is 15.9. The van der Waals surface area contributed by atoms with E-state index in [4.69, 9.17) is 11.0 Å². The lowest BCUT2D eigenvalue weighted by atomic mass is 10.2. The van der Waals surface area contributed by atoms with Gasteiger partial charge in [-0.15, -0.1) is 0 Å². The van der Waals surface area contributed by atoms with Crippen molar-refractivity contribution >= 4 is 22.6 Å². The number of halogens is 1. The molecule has 8 heteroatoms. The molecule has 0 saturated heterocycles. The summed E-state index contributed by atoms with van der Waals surface area (Å²) in [6.45, 7) is 0. The molecule has 2 heterocycles. The number of ether oxygens (including phenoxy) is 1. The van der Waals surface area contributed by atoms with Gasteiger partial charge in [0.2, 0.25) is 0 Å². The summed E-state index contributed by atoms with van der Waals surface area (Å²) in [6, 6.07) is 4.94. The minimum absolute atomic E-state index is 0.0546. The number of nitrogen functional groups attached to an aromatic ring is 1. The summed E-state index contributed by atoms with van der Waals surface area (Å²) in [7, 11) is 1.18. The highest BCUT2D eigenvalue weighted by Crippen LogP contribution is 2.28. The highest BCUT2D eigenvalue weighted by molar-refractivity contribution is 5.96. The maximum absolute atomic E-state index is 14.6. The average Bonchev–Trinajstić information content (AvgIpc) is 3.12. The van der Waals surface area contributed by atoms with Crippen LogP contribution in [0.2, 0.25) is 0 Å². The number of hydrogen-bond donors (Lipinski definition) is 2. The minimum Gasteiger partial charge on any atom is -0.464 e. The molecular weight excluding hydrogens is 289 g/mol. The molecule has 2 aromatic heterocycles. The molecule has 0 amide bonds. The van der Waals surface area contributed by atoms with Crippen LogP contribution in [-0.4, -0.2) is 27.8 Å². The van der Waals surface area contributed by atoms with Gasteiger partial charge in [0.1, 0.15) is 6.07 Å². The number of carbonyl (C=O) groups excluding carboxylic acids is 1. The van der Waals surface area contributed by atoms with E-state index in [2.05, 4.69) is 14.9 Å². The largest absolute Gasteiger partial charge is 0.464 e. The van der Waals surface area contributed by atoms with Crippen LogP contribution in [0.3, 0.4) is 0 Å².